The van der Waals surface area contributed by atoms with E-state index in [4.69, 9.17) is 0 Å². The number of halogens is 1. The lowest BCUT2D eigenvalue weighted by Crippen LogP contribution is -2.32. The van der Waals surface area contributed by atoms with Gasteiger partial charge in [-0.3, -0.25) is 4.68 Å². The highest BCUT2D eigenvalue weighted by atomic mass is 79.9. The molecule has 1 N–H and O–H groups in total. The van der Waals surface area contributed by atoms with Gasteiger partial charge in [0, 0.05) is 12.7 Å². The fraction of sp³-hybridized carbons (Fsp3) is 0.667. The fourth-order valence-corrected chi connectivity index (χ4v) is 2.11. The van der Waals surface area contributed by atoms with Crippen molar-refractivity contribution in [2.45, 2.75) is 19.4 Å². The number of hydrogen-bond acceptors (Lipinski definition) is 2. The first kappa shape index (κ1) is 9.21. The first-order valence-corrected chi connectivity index (χ1v) is 5.52. The summed E-state index contributed by atoms with van der Waals surface area (Å²) < 4.78 is 3.08. The molecular weight excluding hydrogens is 230 g/mol. The Bertz CT molecular complexity index is 266. The maximum absolute atomic E-state index is 4.25. The van der Waals surface area contributed by atoms with Crippen molar-refractivity contribution in [2.24, 2.45) is 5.92 Å². The Kier molecular flexibility index (Phi) is 3.01. The number of nitrogens with zero attached hydrogens (tertiary/aromatic N) is 2. The predicted molar refractivity (Wildman–Crippen MR) is 55.5 cm³/mol. The van der Waals surface area contributed by atoms with E-state index >= 15 is 0 Å². The quantitative estimate of drug-likeness (QED) is 0.857. The molecule has 0 amide bonds. The van der Waals surface area contributed by atoms with Crippen molar-refractivity contribution >= 4 is 15.9 Å². The van der Waals surface area contributed by atoms with Gasteiger partial charge in [0.15, 0.2) is 0 Å². The molecule has 0 radical (unpaired) electrons. The molecule has 0 aliphatic carbocycles. The van der Waals surface area contributed by atoms with Crippen molar-refractivity contribution in [3.05, 3.63) is 16.9 Å². The molecule has 0 aromatic carbocycles. The van der Waals surface area contributed by atoms with Gasteiger partial charge < -0.3 is 5.32 Å². The van der Waals surface area contributed by atoms with Crippen LogP contribution in [-0.4, -0.2) is 22.9 Å². The second kappa shape index (κ2) is 4.24. The number of piperidine rings is 1. The zero-order valence-electron chi connectivity index (χ0n) is 7.54. The molecule has 1 atom stereocenters. The van der Waals surface area contributed by atoms with Crippen LogP contribution in [0.4, 0.5) is 0 Å². The second-order valence-electron chi connectivity index (χ2n) is 3.59. The van der Waals surface area contributed by atoms with Gasteiger partial charge in [-0.15, -0.1) is 0 Å². The van der Waals surface area contributed by atoms with Crippen LogP contribution in [0.3, 0.4) is 0 Å². The third kappa shape index (κ3) is 2.54. The summed E-state index contributed by atoms with van der Waals surface area (Å²) in [6.45, 7) is 3.36. The molecule has 0 bridgehead atoms. The maximum atomic E-state index is 4.25. The molecule has 0 saturated carbocycles. The zero-order valence-corrected chi connectivity index (χ0v) is 9.13. The Morgan fingerprint density at radius 1 is 1.69 bits per heavy atom. The summed E-state index contributed by atoms with van der Waals surface area (Å²) in [7, 11) is 0. The summed E-state index contributed by atoms with van der Waals surface area (Å²) in [6.07, 6.45) is 6.50. The molecule has 1 aliphatic heterocycles. The molecule has 1 aromatic heterocycles. The molecule has 1 fully saturated rings. The van der Waals surface area contributed by atoms with Gasteiger partial charge in [0.2, 0.25) is 0 Å². The molecule has 3 nitrogen and oxygen atoms in total. The van der Waals surface area contributed by atoms with E-state index in [9.17, 15) is 0 Å². The molecule has 0 unspecified atom stereocenters. The molecule has 4 heteroatoms. The molecular formula is C9H14BrN3. The SMILES string of the molecule is Brc1cnn(C[C@H]2CCCNC2)c1. The molecule has 1 aliphatic rings. The Labute approximate surface area is 86.6 Å². The van der Waals surface area contributed by atoms with E-state index < -0.39 is 0 Å². The average molecular weight is 244 g/mol. The lowest BCUT2D eigenvalue weighted by Gasteiger charge is -2.22. The van der Waals surface area contributed by atoms with E-state index in [-0.39, 0.29) is 0 Å². The molecule has 1 aromatic rings. The van der Waals surface area contributed by atoms with E-state index in [1.807, 2.05) is 17.1 Å². The van der Waals surface area contributed by atoms with Gasteiger partial charge in [0.05, 0.1) is 10.7 Å². The van der Waals surface area contributed by atoms with Crippen LogP contribution in [0.1, 0.15) is 12.8 Å². The van der Waals surface area contributed by atoms with Crippen LogP contribution in [0.25, 0.3) is 0 Å². The van der Waals surface area contributed by atoms with E-state index in [0.29, 0.717) is 0 Å². The summed E-state index contributed by atoms with van der Waals surface area (Å²) in [4.78, 5) is 0. The van der Waals surface area contributed by atoms with E-state index in [1.165, 1.54) is 19.4 Å². The Balaban J connectivity index is 1.89. The normalized spacial score (nSPS) is 23.3. The van der Waals surface area contributed by atoms with Crippen LogP contribution in [-0.2, 0) is 6.54 Å². The van der Waals surface area contributed by atoms with E-state index in [0.717, 1.165) is 23.5 Å². The number of rotatable bonds is 2. The van der Waals surface area contributed by atoms with Gasteiger partial charge in [-0.1, -0.05) is 0 Å². The summed E-state index contributed by atoms with van der Waals surface area (Å²) in [5.74, 6) is 0.751. The predicted octanol–water partition coefficient (Wildman–Crippen LogP) is 1.65. The van der Waals surface area contributed by atoms with E-state index in [1.54, 1.807) is 0 Å². The monoisotopic (exact) mass is 243 g/mol. The van der Waals surface area contributed by atoms with Gasteiger partial charge in [-0.25, -0.2) is 0 Å². The lowest BCUT2D eigenvalue weighted by atomic mass is 10.00. The van der Waals surface area contributed by atoms with Gasteiger partial charge >= 0.3 is 0 Å². The smallest absolute Gasteiger partial charge is 0.0632 e. The molecule has 0 spiro atoms. The number of hydrogen-bond donors (Lipinski definition) is 1. The topological polar surface area (TPSA) is 29.9 Å². The van der Waals surface area contributed by atoms with Crippen LogP contribution in [0.15, 0.2) is 16.9 Å². The average Bonchev–Trinajstić information content (AvgIpc) is 2.53. The van der Waals surface area contributed by atoms with Crippen molar-refractivity contribution in [3.8, 4) is 0 Å². The Morgan fingerprint density at radius 3 is 3.23 bits per heavy atom. The van der Waals surface area contributed by atoms with Crippen LogP contribution in [0, 0.1) is 5.92 Å². The third-order valence-corrected chi connectivity index (χ3v) is 2.86. The number of aromatic nitrogens is 2. The molecule has 13 heavy (non-hydrogen) atoms. The van der Waals surface area contributed by atoms with Gasteiger partial charge in [-0.2, -0.15) is 5.10 Å². The van der Waals surface area contributed by atoms with Crippen LogP contribution < -0.4 is 5.32 Å². The van der Waals surface area contributed by atoms with Gasteiger partial charge in [0.25, 0.3) is 0 Å². The van der Waals surface area contributed by atoms with Gasteiger partial charge in [-0.05, 0) is 47.8 Å². The fourth-order valence-electron chi connectivity index (χ4n) is 1.78. The van der Waals surface area contributed by atoms with Crippen LogP contribution in [0.5, 0.6) is 0 Å². The summed E-state index contributed by atoms with van der Waals surface area (Å²) >= 11 is 3.40. The lowest BCUT2D eigenvalue weighted by molar-refractivity contribution is 0.325. The minimum Gasteiger partial charge on any atom is -0.316 e. The van der Waals surface area contributed by atoms with Crippen molar-refractivity contribution in [3.63, 3.8) is 0 Å². The standard InChI is InChI=1S/C9H14BrN3/c10-9-5-12-13(7-9)6-8-2-1-3-11-4-8/h5,7-8,11H,1-4,6H2/t8-/m0/s1. The van der Waals surface area contributed by atoms with Crippen molar-refractivity contribution in [1.82, 2.24) is 15.1 Å². The van der Waals surface area contributed by atoms with Gasteiger partial charge in [0.1, 0.15) is 0 Å². The molecule has 2 rings (SSSR count). The maximum Gasteiger partial charge on any atom is 0.0632 e. The van der Waals surface area contributed by atoms with Crippen LogP contribution >= 0.6 is 15.9 Å². The zero-order chi connectivity index (χ0) is 9.10. The molecule has 72 valence electrons. The largest absolute Gasteiger partial charge is 0.316 e. The highest BCUT2D eigenvalue weighted by molar-refractivity contribution is 9.10. The third-order valence-electron chi connectivity index (χ3n) is 2.45. The first-order chi connectivity index (χ1) is 6.34. The van der Waals surface area contributed by atoms with Crippen molar-refractivity contribution in [1.29, 1.82) is 0 Å². The highest BCUT2D eigenvalue weighted by Gasteiger charge is 2.13. The number of nitrogens with one attached hydrogen (secondary N) is 1. The summed E-state index contributed by atoms with van der Waals surface area (Å²) in [5, 5.41) is 7.66. The minimum atomic E-state index is 0.751. The van der Waals surface area contributed by atoms with Crippen molar-refractivity contribution in [2.75, 3.05) is 13.1 Å². The highest BCUT2D eigenvalue weighted by Crippen LogP contribution is 2.13. The minimum absolute atomic E-state index is 0.751. The summed E-state index contributed by atoms with van der Waals surface area (Å²) in [6, 6.07) is 0. The summed E-state index contributed by atoms with van der Waals surface area (Å²) in [5.41, 5.74) is 0. The van der Waals surface area contributed by atoms with Crippen LogP contribution in [0.2, 0.25) is 0 Å². The molecule has 1 saturated heterocycles. The Hall–Kier alpha value is -0.350. The Morgan fingerprint density at radius 2 is 2.62 bits per heavy atom. The van der Waals surface area contributed by atoms with Crippen molar-refractivity contribution < 1.29 is 0 Å². The van der Waals surface area contributed by atoms with E-state index in [2.05, 4.69) is 26.3 Å². The first-order valence-electron chi connectivity index (χ1n) is 4.73. The molecule has 2 heterocycles. The second-order valence-corrected chi connectivity index (χ2v) is 4.51.